The van der Waals surface area contributed by atoms with E-state index in [2.05, 4.69) is 45.4 Å². The molecule has 0 radical (unpaired) electrons. The maximum Gasteiger partial charge on any atom is 0.211 e. The molecule has 0 aliphatic carbocycles. The molecule has 1 aromatic carbocycles. The molecule has 0 saturated heterocycles. The van der Waals surface area contributed by atoms with Crippen LogP contribution in [-0.2, 0) is 4.79 Å². The lowest BCUT2D eigenvalue weighted by molar-refractivity contribution is -0.105. The van der Waals surface area contributed by atoms with E-state index >= 15 is 0 Å². The number of pyridine rings is 1. The molecule has 2 N–H and O–H groups in total. The van der Waals surface area contributed by atoms with Gasteiger partial charge < -0.3 is 10.6 Å². The van der Waals surface area contributed by atoms with Crippen molar-refractivity contribution in [3.05, 3.63) is 28.9 Å². The molecule has 2 aromatic rings. The van der Waals surface area contributed by atoms with Gasteiger partial charge in [-0.3, -0.25) is 9.78 Å². The lowest BCUT2D eigenvalue weighted by atomic mass is 10.1. The number of hydrogen-bond donors (Lipinski definition) is 2. The molecule has 2 rings (SSSR count). The highest BCUT2D eigenvalue weighted by Crippen LogP contribution is 2.30. The van der Waals surface area contributed by atoms with Crippen LogP contribution >= 0.6 is 15.9 Å². The Kier molecular flexibility index (Phi) is 7.01. The summed E-state index contributed by atoms with van der Waals surface area (Å²) in [5.74, 6) is 0. The fourth-order valence-electron chi connectivity index (χ4n) is 1.61. The van der Waals surface area contributed by atoms with Gasteiger partial charge in [-0.1, -0.05) is 42.6 Å². The molecule has 0 bridgehead atoms. The molecule has 0 aliphatic heterocycles. The van der Waals surface area contributed by atoms with E-state index in [-0.39, 0.29) is 0 Å². The summed E-state index contributed by atoms with van der Waals surface area (Å²) < 4.78 is 0.974. The smallest absolute Gasteiger partial charge is 0.211 e. The molecule has 0 fully saturated rings. The average Bonchev–Trinajstić information content (AvgIpc) is 2.47. The third-order valence-corrected chi connectivity index (χ3v) is 3.29. The van der Waals surface area contributed by atoms with E-state index in [1.807, 2.05) is 25.2 Å². The van der Waals surface area contributed by atoms with Gasteiger partial charge >= 0.3 is 0 Å². The Bertz CT molecular complexity index is 570. The Morgan fingerprint density at radius 1 is 1.30 bits per heavy atom. The van der Waals surface area contributed by atoms with Gasteiger partial charge in [-0.05, 0) is 18.2 Å². The zero-order valence-corrected chi connectivity index (χ0v) is 13.6. The van der Waals surface area contributed by atoms with Crippen molar-refractivity contribution in [3.63, 3.8) is 0 Å². The normalized spacial score (nSPS) is 9.60. The van der Waals surface area contributed by atoms with Crippen LogP contribution in [0.15, 0.2) is 28.9 Å². The van der Waals surface area contributed by atoms with Gasteiger partial charge in [-0.25, -0.2) is 0 Å². The standard InChI is InChI=1S/C11H10BrN3O.C4H10/c1-13-11-8-4-7(12)2-3-9(8)14-5-10(11)15-6-16;1-3-4-2/h2-6H,1H3,(H,13,14)(H,15,16);3-4H2,1-2H3. The molecule has 0 saturated carbocycles. The minimum atomic E-state index is 0.641. The van der Waals surface area contributed by atoms with E-state index in [4.69, 9.17) is 0 Å². The van der Waals surface area contributed by atoms with Gasteiger partial charge in [0, 0.05) is 16.9 Å². The molecule has 4 nitrogen and oxygen atoms in total. The van der Waals surface area contributed by atoms with Crippen LogP contribution in [0.3, 0.4) is 0 Å². The summed E-state index contributed by atoms with van der Waals surface area (Å²) in [5.41, 5.74) is 2.41. The van der Waals surface area contributed by atoms with Crippen molar-refractivity contribution in [1.82, 2.24) is 4.98 Å². The zero-order valence-electron chi connectivity index (χ0n) is 12.0. The predicted octanol–water partition coefficient (Wildman–Crippen LogP) is 4.41. The summed E-state index contributed by atoms with van der Waals surface area (Å²) in [6.45, 7) is 4.36. The van der Waals surface area contributed by atoms with Crippen LogP contribution < -0.4 is 10.6 Å². The van der Waals surface area contributed by atoms with Crippen LogP contribution in [0.5, 0.6) is 0 Å². The molecule has 1 aromatic heterocycles. The Labute approximate surface area is 128 Å². The van der Waals surface area contributed by atoms with Crippen LogP contribution in [0.25, 0.3) is 10.9 Å². The number of fused-ring (bicyclic) bond motifs is 1. The van der Waals surface area contributed by atoms with Crippen molar-refractivity contribution >= 4 is 44.6 Å². The molecule has 5 heteroatoms. The SMILES string of the molecule is CCCC.CNc1c(NC=O)cnc2ccc(Br)cc12. The predicted molar refractivity (Wildman–Crippen MR) is 89.3 cm³/mol. The molecule has 1 heterocycles. The Morgan fingerprint density at radius 2 is 2.00 bits per heavy atom. The maximum absolute atomic E-state index is 10.5. The van der Waals surface area contributed by atoms with Crippen molar-refractivity contribution in [3.8, 4) is 0 Å². The van der Waals surface area contributed by atoms with E-state index in [0.29, 0.717) is 12.1 Å². The van der Waals surface area contributed by atoms with Crippen molar-refractivity contribution in [1.29, 1.82) is 0 Å². The third-order valence-electron chi connectivity index (χ3n) is 2.79. The number of rotatable bonds is 4. The number of hydrogen-bond acceptors (Lipinski definition) is 3. The second-order valence-electron chi connectivity index (χ2n) is 4.22. The summed E-state index contributed by atoms with van der Waals surface area (Å²) in [4.78, 5) is 14.7. The first-order valence-corrected chi connectivity index (χ1v) is 7.43. The third kappa shape index (κ3) is 4.20. The van der Waals surface area contributed by atoms with E-state index in [0.717, 1.165) is 21.1 Å². The number of benzene rings is 1. The number of anilines is 2. The summed E-state index contributed by atoms with van der Waals surface area (Å²) in [7, 11) is 1.81. The van der Waals surface area contributed by atoms with Gasteiger partial charge in [0.1, 0.15) is 0 Å². The average molecular weight is 338 g/mol. The number of amides is 1. The number of unbranched alkanes of at least 4 members (excludes halogenated alkanes) is 1. The molecular weight excluding hydrogens is 318 g/mol. The first-order chi connectivity index (χ1) is 9.67. The number of nitrogens with zero attached hydrogens (tertiary/aromatic N) is 1. The number of halogens is 1. The van der Waals surface area contributed by atoms with E-state index in [9.17, 15) is 4.79 Å². The van der Waals surface area contributed by atoms with E-state index < -0.39 is 0 Å². The van der Waals surface area contributed by atoms with Crippen LogP contribution in [0.2, 0.25) is 0 Å². The summed E-state index contributed by atoms with van der Waals surface area (Å²) >= 11 is 3.41. The van der Waals surface area contributed by atoms with Crippen molar-refractivity contribution in [2.45, 2.75) is 26.7 Å². The lowest BCUT2D eigenvalue weighted by Crippen LogP contribution is -2.01. The van der Waals surface area contributed by atoms with Gasteiger partial charge in [0.05, 0.1) is 23.1 Å². The number of carbonyl (C=O) groups is 1. The molecule has 0 unspecified atom stereocenters. The summed E-state index contributed by atoms with van der Waals surface area (Å²) in [5, 5.41) is 6.65. The highest BCUT2D eigenvalue weighted by atomic mass is 79.9. The quantitative estimate of drug-likeness (QED) is 0.812. The fraction of sp³-hybridized carbons (Fsp3) is 0.333. The minimum absolute atomic E-state index is 0.641. The largest absolute Gasteiger partial charge is 0.386 e. The zero-order chi connectivity index (χ0) is 15.0. The van der Waals surface area contributed by atoms with Gasteiger partial charge in [-0.15, -0.1) is 0 Å². The topological polar surface area (TPSA) is 54.0 Å². The first kappa shape index (κ1) is 16.4. The second kappa shape index (κ2) is 8.53. The minimum Gasteiger partial charge on any atom is -0.386 e. The van der Waals surface area contributed by atoms with Crippen LogP contribution in [0.4, 0.5) is 11.4 Å². The lowest BCUT2D eigenvalue weighted by Gasteiger charge is -2.10. The monoisotopic (exact) mass is 337 g/mol. The summed E-state index contributed by atoms with van der Waals surface area (Å²) in [6.07, 6.45) is 4.91. The molecule has 0 aliphatic rings. The van der Waals surface area contributed by atoms with Crippen LogP contribution in [-0.4, -0.2) is 18.4 Å². The fourth-order valence-corrected chi connectivity index (χ4v) is 1.97. The second-order valence-corrected chi connectivity index (χ2v) is 5.14. The molecule has 0 spiro atoms. The maximum atomic E-state index is 10.5. The van der Waals surface area contributed by atoms with Crippen molar-refractivity contribution in [2.24, 2.45) is 0 Å². The molecule has 0 atom stereocenters. The van der Waals surface area contributed by atoms with Gasteiger partial charge in [0.15, 0.2) is 0 Å². The molecule has 108 valence electrons. The van der Waals surface area contributed by atoms with Crippen molar-refractivity contribution in [2.75, 3.05) is 17.7 Å². The summed E-state index contributed by atoms with van der Waals surface area (Å²) in [6, 6.07) is 5.82. The number of aromatic nitrogens is 1. The van der Waals surface area contributed by atoms with Gasteiger partial charge in [0.2, 0.25) is 6.41 Å². The first-order valence-electron chi connectivity index (χ1n) is 6.64. The molecular formula is C15H20BrN3O. The van der Waals surface area contributed by atoms with Crippen LogP contribution in [0, 0.1) is 0 Å². The van der Waals surface area contributed by atoms with Gasteiger partial charge in [-0.2, -0.15) is 0 Å². The number of nitrogens with one attached hydrogen (secondary N) is 2. The van der Waals surface area contributed by atoms with E-state index in [1.165, 1.54) is 12.8 Å². The van der Waals surface area contributed by atoms with E-state index in [1.54, 1.807) is 6.20 Å². The Morgan fingerprint density at radius 3 is 2.55 bits per heavy atom. The van der Waals surface area contributed by atoms with Crippen molar-refractivity contribution < 1.29 is 4.79 Å². The van der Waals surface area contributed by atoms with Crippen LogP contribution in [0.1, 0.15) is 26.7 Å². The Balaban J connectivity index is 0.000000444. The Hall–Kier alpha value is -1.62. The highest BCUT2D eigenvalue weighted by Gasteiger charge is 2.07. The highest BCUT2D eigenvalue weighted by molar-refractivity contribution is 9.10. The molecule has 20 heavy (non-hydrogen) atoms. The molecule has 1 amide bonds. The van der Waals surface area contributed by atoms with Gasteiger partial charge in [0.25, 0.3) is 0 Å². The number of carbonyl (C=O) groups excluding carboxylic acids is 1.